The monoisotopic (exact) mass is 472 g/mol. The lowest BCUT2D eigenvalue weighted by Gasteiger charge is -2.13. The number of fused-ring (bicyclic) bond motifs is 1. The van der Waals surface area contributed by atoms with Gasteiger partial charge in [-0.15, -0.1) is 13.2 Å². The molecule has 3 heterocycles. The van der Waals surface area contributed by atoms with Gasteiger partial charge >= 0.3 is 6.36 Å². The van der Waals surface area contributed by atoms with Crippen molar-refractivity contribution >= 4 is 17.0 Å². The van der Waals surface area contributed by atoms with Gasteiger partial charge in [0.1, 0.15) is 11.3 Å². The molecule has 3 aromatic heterocycles. The molecule has 0 saturated carbocycles. The molecule has 0 atom stereocenters. The highest BCUT2D eigenvalue weighted by atomic mass is 19.4. The van der Waals surface area contributed by atoms with E-state index < -0.39 is 6.36 Å². The quantitative estimate of drug-likeness (QED) is 0.415. The van der Waals surface area contributed by atoms with Crippen LogP contribution in [0.4, 0.5) is 19.0 Å². The first-order valence-corrected chi connectivity index (χ1v) is 10.6. The number of aromatic amines is 1. The van der Waals surface area contributed by atoms with Crippen LogP contribution in [0, 0.1) is 13.8 Å². The molecule has 8 nitrogen and oxygen atoms in total. The Kier molecular flexibility index (Phi) is 6.03. The van der Waals surface area contributed by atoms with Crippen molar-refractivity contribution in [2.24, 2.45) is 0 Å². The van der Waals surface area contributed by atoms with Gasteiger partial charge in [-0.05, 0) is 63.6 Å². The fourth-order valence-corrected chi connectivity index (χ4v) is 3.63. The van der Waals surface area contributed by atoms with Crippen LogP contribution in [0.2, 0.25) is 0 Å². The average Bonchev–Trinajstić information content (AvgIpc) is 3.16. The van der Waals surface area contributed by atoms with Crippen LogP contribution in [-0.4, -0.2) is 30.9 Å². The van der Waals surface area contributed by atoms with Gasteiger partial charge in [0.2, 0.25) is 0 Å². The maximum atomic E-state index is 12.5. The topological polar surface area (TPSA) is 97.7 Å². The van der Waals surface area contributed by atoms with Crippen LogP contribution in [0.3, 0.4) is 0 Å². The van der Waals surface area contributed by atoms with E-state index in [1.54, 1.807) is 6.33 Å². The summed E-state index contributed by atoms with van der Waals surface area (Å²) in [5, 5.41) is 3.19. The van der Waals surface area contributed by atoms with Crippen LogP contribution in [-0.2, 0) is 6.54 Å². The minimum Gasteiger partial charge on any atom is -0.406 e. The van der Waals surface area contributed by atoms with Crippen molar-refractivity contribution < 1.29 is 17.9 Å². The molecule has 34 heavy (non-hydrogen) atoms. The summed E-state index contributed by atoms with van der Waals surface area (Å²) in [5.41, 5.74) is 3.57. The summed E-state index contributed by atoms with van der Waals surface area (Å²) in [4.78, 5) is 28.8. The lowest BCUT2D eigenvalue weighted by molar-refractivity contribution is -0.274. The summed E-state index contributed by atoms with van der Waals surface area (Å²) >= 11 is 0. The fourth-order valence-electron chi connectivity index (χ4n) is 3.63. The van der Waals surface area contributed by atoms with Crippen LogP contribution in [0.5, 0.6) is 5.75 Å². The molecule has 178 valence electrons. The lowest BCUT2D eigenvalue weighted by atomic mass is 10.1. The Labute approximate surface area is 192 Å². The minimum absolute atomic E-state index is 0.0605. The second-order valence-electron chi connectivity index (χ2n) is 8.18. The molecular weight excluding hydrogens is 449 g/mol. The Morgan fingerprint density at radius 1 is 1.15 bits per heavy atom. The predicted molar refractivity (Wildman–Crippen MR) is 122 cm³/mol. The second-order valence-corrected chi connectivity index (χ2v) is 8.18. The molecule has 0 fully saturated rings. The Bertz CT molecular complexity index is 1390. The smallest absolute Gasteiger partial charge is 0.406 e. The first-order valence-electron chi connectivity index (χ1n) is 10.6. The zero-order valence-electron chi connectivity index (χ0n) is 19.0. The summed E-state index contributed by atoms with van der Waals surface area (Å²) in [6.45, 7) is 7.84. The number of pyridine rings is 1. The first-order chi connectivity index (χ1) is 16.0. The molecule has 1 aromatic carbocycles. The minimum atomic E-state index is -4.77. The summed E-state index contributed by atoms with van der Waals surface area (Å²) in [5.74, 6) is 0.372. The number of H-pyrrole nitrogens is 1. The molecule has 0 amide bonds. The SMILES string of the molecule is Cc1cc(C)c(CNc2nc(-c3ccc(OC(F)(F)F)cc3)nc3c2ncn3C(C)C)c(=O)[nH]1. The third-order valence-corrected chi connectivity index (χ3v) is 5.25. The number of benzene rings is 1. The predicted octanol–water partition coefficient (Wildman–Crippen LogP) is 4.89. The van der Waals surface area contributed by atoms with Crippen molar-refractivity contribution in [3.8, 4) is 17.1 Å². The van der Waals surface area contributed by atoms with Crippen molar-refractivity contribution in [1.29, 1.82) is 0 Å². The Balaban J connectivity index is 1.74. The maximum absolute atomic E-state index is 12.5. The van der Waals surface area contributed by atoms with Gasteiger partial charge in [0.15, 0.2) is 17.3 Å². The molecule has 0 saturated heterocycles. The van der Waals surface area contributed by atoms with E-state index in [2.05, 4.69) is 30.0 Å². The van der Waals surface area contributed by atoms with Gasteiger partial charge in [-0.3, -0.25) is 4.79 Å². The van der Waals surface area contributed by atoms with Crippen molar-refractivity contribution in [3.05, 3.63) is 63.8 Å². The molecule has 0 radical (unpaired) electrons. The Hall–Kier alpha value is -3.89. The maximum Gasteiger partial charge on any atom is 0.573 e. The number of aryl methyl sites for hydroxylation is 2. The van der Waals surface area contributed by atoms with E-state index in [0.717, 1.165) is 11.3 Å². The number of ether oxygens (including phenoxy) is 1. The molecule has 4 rings (SSSR count). The molecule has 0 aliphatic heterocycles. The van der Waals surface area contributed by atoms with Crippen molar-refractivity contribution in [2.75, 3.05) is 5.32 Å². The summed E-state index contributed by atoms with van der Waals surface area (Å²) in [6.07, 6.45) is -3.12. The van der Waals surface area contributed by atoms with Gasteiger partial charge < -0.3 is 19.6 Å². The van der Waals surface area contributed by atoms with Gasteiger partial charge in [0.05, 0.1) is 6.33 Å². The molecular formula is C23H23F3N6O2. The van der Waals surface area contributed by atoms with E-state index in [0.29, 0.717) is 33.9 Å². The number of hydrogen-bond acceptors (Lipinski definition) is 6. The summed E-state index contributed by atoms with van der Waals surface area (Å²) in [7, 11) is 0. The number of imidazole rings is 1. The lowest BCUT2D eigenvalue weighted by Crippen LogP contribution is -2.19. The van der Waals surface area contributed by atoms with Crippen molar-refractivity contribution in [3.63, 3.8) is 0 Å². The van der Waals surface area contributed by atoms with Crippen LogP contribution in [0.15, 0.2) is 41.5 Å². The van der Waals surface area contributed by atoms with E-state index in [9.17, 15) is 18.0 Å². The normalized spacial score (nSPS) is 11.9. The van der Waals surface area contributed by atoms with Crippen molar-refractivity contribution in [1.82, 2.24) is 24.5 Å². The number of hydrogen-bond donors (Lipinski definition) is 2. The standard InChI is InChI=1S/C23H23F3N6O2/c1-12(2)32-11-28-18-20(27-10-17-13(3)9-14(4)29-22(17)33)30-19(31-21(18)32)15-5-7-16(8-6-15)34-23(24,25)26/h5-9,11-12H,10H2,1-4H3,(H,29,33)(H,27,30,31). The van der Waals surface area contributed by atoms with E-state index in [1.807, 2.05) is 38.3 Å². The zero-order chi connectivity index (χ0) is 24.6. The molecule has 2 N–H and O–H groups in total. The highest BCUT2D eigenvalue weighted by Crippen LogP contribution is 2.29. The van der Waals surface area contributed by atoms with Crippen LogP contribution in [0.1, 0.15) is 36.7 Å². The number of anilines is 1. The average molecular weight is 472 g/mol. The third kappa shape index (κ3) is 4.87. The highest BCUT2D eigenvalue weighted by molar-refractivity contribution is 5.85. The number of aromatic nitrogens is 5. The molecule has 0 spiro atoms. The molecule has 0 aliphatic carbocycles. The Morgan fingerprint density at radius 2 is 1.85 bits per heavy atom. The molecule has 0 aliphatic rings. The van der Waals surface area contributed by atoms with E-state index in [1.165, 1.54) is 24.3 Å². The van der Waals surface area contributed by atoms with Gasteiger partial charge in [0, 0.05) is 29.4 Å². The van der Waals surface area contributed by atoms with Crippen molar-refractivity contribution in [2.45, 2.75) is 46.6 Å². The van der Waals surface area contributed by atoms with E-state index >= 15 is 0 Å². The van der Waals surface area contributed by atoms with E-state index in [4.69, 9.17) is 0 Å². The largest absolute Gasteiger partial charge is 0.573 e. The first kappa shape index (κ1) is 23.3. The third-order valence-electron chi connectivity index (χ3n) is 5.25. The number of halogens is 3. The van der Waals surface area contributed by atoms with Gasteiger partial charge in [-0.2, -0.15) is 0 Å². The van der Waals surface area contributed by atoms with E-state index in [-0.39, 0.29) is 23.9 Å². The van der Waals surface area contributed by atoms with Crippen LogP contribution in [0.25, 0.3) is 22.6 Å². The second kappa shape index (κ2) is 8.81. The highest BCUT2D eigenvalue weighted by Gasteiger charge is 2.31. The molecule has 0 bridgehead atoms. The summed E-state index contributed by atoms with van der Waals surface area (Å²) < 4.78 is 43.3. The molecule has 0 unspecified atom stereocenters. The van der Waals surface area contributed by atoms with Gasteiger partial charge in [-0.1, -0.05) is 0 Å². The number of rotatable bonds is 6. The Morgan fingerprint density at radius 3 is 2.47 bits per heavy atom. The number of nitrogens with one attached hydrogen (secondary N) is 2. The van der Waals surface area contributed by atoms with Gasteiger partial charge in [0.25, 0.3) is 5.56 Å². The number of nitrogens with zero attached hydrogens (tertiary/aromatic N) is 4. The zero-order valence-corrected chi connectivity index (χ0v) is 19.0. The molecule has 11 heteroatoms. The summed E-state index contributed by atoms with van der Waals surface area (Å²) in [6, 6.07) is 7.27. The van der Waals surface area contributed by atoms with Gasteiger partial charge in [-0.25, -0.2) is 15.0 Å². The molecule has 4 aromatic rings. The van der Waals surface area contributed by atoms with Crippen LogP contribution >= 0.6 is 0 Å². The fraction of sp³-hybridized carbons (Fsp3) is 0.304. The van der Waals surface area contributed by atoms with Crippen LogP contribution < -0.4 is 15.6 Å². The number of alkyl halides is 3.